The summed E-state index contributed by atoms with van der Waals surface area (Å²) in [6.45, 7) is 9.50. The van der Waals surface area contributed by atoms with Crippen molar-refractivity contribution in [2.24, 2.45) is 5.92 Å². The van der Waals surface area contributed by atoms with Gasteiger partial charge >= 0.3 is 0 Å². The van der Waals surface area contributed by atoms with Gasteiger partial charge in [-0.2, -0.15) is 5.10 Å². The van der Waals surface area contributed by atoms with E-state index in [1.54, 1.807) is 0 Å². The number of hydrogen-bond acceptors (Lipinski definition) is 3. The Kier molecular flexibility index (Phi) is 4.98. The molecule has 1 aliphatic rings. The maximum absolute atomic E-state index is 6.38. The summed E-state index contributed by atoms with van der Waals surface area (Å²) in [6.07, 6.45) is 0.528. The highest BCUT2D eigenvalue weighted by Gasteiger charge is 2.41. The van der Waals surface area contributed by atoms with Crippen LogP contribution in [0.2, 0.25) is 0 Å². The van der Waals surface area contributed by atoms with Crippen LogP contribution >= 0.6 is 0 Å². The molecule has 4 heteroatoms. The van der Waals surface area contributed by atoms with Crippen LogP contribution in [0.15, 0.2) is 60.7 Å². The van der Waals surface area contributed by atoms with Gasteiger partial charge in [0, 0.05) is 23.0 Å². The zero-order valence-electron chi connectivity index (χ0n) is 17.1. The van der Waals surface area contributed by atoms with Crippen molar-refractivity contribution in [3.8, 4) is 22.8 Å². The average molecular weight is 377 g/mol. The van der Waals surface area contributed by atoms with Gasteiger partial charge in [-0.15, -0.1) is 0 Å². The lowest BCUT2D eigenvalue weighted by molar-refractivity contribution is -0.114. The molecule has 0 amide bonds. The molecule has 2 aromatic carbocycles. The normalized spacial score (nSPS) is 18.0. The molecule has 2 heterocycles. The van der Waals surface area contributed by atoms with Gasteiger partial charge in [0.25, 0.3) is 0 Å². The van der Waals surface area contributed by atoms with Crippen LogP contribution in [0.5, 0.6) is 5.88 Å². The predicted molar refractivity (Wildman–Crippen MR) is 112 cm³/mol. The Hall–Kier alpha value is -2.59. The minimum atomic E-state index is -0.271. The molecular formula is C24H28N2O2. The molecular weight excluding hydrogens is 348 g/mol. The molecule has 3 aromatic rings. The first-order valence-electron chi connectivity index (χ1n) is 9.98. The SMILES string of the molecule is CC(C)COC1CC(C)(C)c2c(-c3ccccc3)nn(-c3ccccc3)c2O1. The Morgan fingerprint density at radius 3 is 2.36 bits per heavy atom. The molecule has 1 aromatic heterocycles. The Balaban J connectivity index is 1.85. The second-order valence-electron chi connectivity index (χ2n) is 8.50. The molecule has 0 radical (unpaired) electrons. The van der Waals surface area contributed by atoms with E-state index in [0.29, 0.717) is 12.5 Å². The van der Waals surface area contributed by atoms with Gasteiger partial charge in [-0.3, -0.25) is 0 Å². The van der Waals surface area contributed by atoms with Crippen molar-refractivity contribution in [3.05, 3.63) is 66.2 Å². The predicted octanol–water partition coefficient (Wildman–Crippen LogP) is 5.60. The van der Waals surface area contributed by atoms with Gasteiger partial charge in [-0.05, 0) is 18.1 Å². The summed E-state index contributed by atoms with van der Waals surface area (Å²) >= 11 is 0. The van der Waals surface area contributed by atoms with Crippen LogP contribution in [0.3, 0.4) is 0 Å². The van der Waals surface area contributed by atoms with Crippen molar-refractivity contribution in [1.82, 2.24) is 9.78 Å². The molecule has 4 rings (SSSR count). The highest BCUT2D eigenvalue weighted by Crippen LogP contribution is 2.47. The van der Waals surface area contributed by atoms with Crippen molar-refractivity contribution in [3.63, 3.8) is 0 Å². The number of aromatic nitrogens is 2. The molecule has 0 N–H and O–H groups in total. The molecule has 0 aliphatic carbocycles. The van der Waals surface area contributed by atoms with Crippen LogP contribution in [0.4, 0.5) is 0 Å². The summed E-state index contributed by atoms with van der Waals surface area (Å²) in [5, 5.41) is 4.99. The molecule has 0 saturated carbocycles. The lowest BCUT2D eigenvalue weighted by atomic mass is 9.78. The number of ether oxygens (including phenoxy) is 2. The maximum atomic E-state index is 6.38. The van der Waals surface area contributed by atoms with Crippen LogP contribution in [-0.2, 0) is 10.2 Å². The Bertz CT molecular complexity index is 930. The van der Waals surface area contributed by atoms with Crippen molar-refractivity contribution < 1.29 is 9.47 Å². The van der Waals surface area contributed by atoms with E-state index < -0.39 is 0 Å². The first-order valence-corrected chi connectivity index (χ1v) is 9.98. The Morgan fingerprint density at radius 1 is 1.07 bits per heavy atom. The van der Waals surface area contributed by atoms with Gasteiger partial charge in [0.15, 0.2) is 0 Å². The summed E-state index contributed by atoms with van der Waals surface area (Å²) < 4.78 is 14.4. The molecule has 1 aliphatic heterocycles. The molecule has 4 nitrogen and oxygen atoms in total. The zero-order valence-corrected chi connectivity index (χ0v) is 17.1. The highest BCUT2D eigenvalue weighted by atomic mass is 16.7. The summed E-state index contributed by atoms with van der Waals surface area (Å²) in [7, 11) is 0. The number of para-hydroxylation sites is 1. The highest BCUT2D eigenvalue weighted by molar-refractivity contribution is 5.68. The second kappa shape index (κ2) is 7.44. The maximum Gasteiger partial charge on any atom is 0.223 e. The molecule has 0 saturated heterocycles. The molecule has 1 atom stereocenters. The second-order valence-corrected chi connectivity index (χ2v) is 8.50. The van der Waals surface area contributed by atoms with E-state index in [9.17, 15) is 0 Å². The molecule has 0 spiro atoms. The fourth-order valence-corrected chi connectivity index (χ4v) is 3.74. The molecule has 0 fully saturated rings. The van der Waals surface area contributed by atoms with Crippen molar-refractivity contribution >= 4 is 0 Å². The number of benzene rings is 2. The van der Waals surface area contributed by atoms with Crippen LogP contribution in [-0.4, -0.2) is 22.7 Å². The van der Waals surface area contributed by atoms with Crippen LogP contribution in [0.25, 0.3) is 16.9 Å². The summed E-state index contributed by atoms with van der Waals surface area (Å²) in [5.41, 5.74) is 4.10. The van der Waals surface area contributed by atoms with Gasteiger partial charge < -0.3 is 9.47 Å². The topological polar surface area (TPSA) is 36.3 Å². The van der Waals surface area contributed by atoms with Gasteiger partial charge in [-0.25, -0.2) is 4.68 Å². The van der Waals surface area contributed by atoms with Gasteiger partial charge in [0.05, 0.1) is 12.3 Å². The van der Waals surface area contributed by atoms with E-state index in [4.69, 9.17) is 14.6 Å². The van der Waals surface area contributed by atoms with E-state index >= 15 is 0 Å². The summed E-state index contributed by atoms with van der Waals surface area (Å²) in [6, 6.07) is 20.5. The fraction of sp³-hybridized carbons (Fsp3) is 0.375. The summed E-state index contributed by atoms with van der Waals surface area (Å²) in [4.78, 5) is 0. The number of hydrogen-bond donors (Lipinski definition) is 0. The quantitative estimate of drug-likeness (QED) is 0.582. The van der Waals surface area contributed by atoms with Gasteiger partial charge in [-0.1, -0.05) is 76.2 Å². The molecule has 146 valence electrons. The third kappa shape index (κ3) is 3.57. The average Bonchev–Trinajstić information content (AvgIpc) is 3.08. The van der Waals surface area contributed by atoms with E-state index in [2.05, 4.69) is 64.1 Å². The van der Waals surface area contributed by atoms with E-state index in [1.807, 2.05) is 28.9 Å². The third-order valence-corrected chi connectivity index (χ3v) is 5.10. The van der Waals surface area contributed by atoms with E-state index in [-0.39, 0.29) is 11.7 Å². The Morgan fingerprint density at radius 2 is 1.71 bits per heavy atom. The van der Waals surface area contributed by atoms with Crippen molar-refractivity contribution in [1.29, 1.82) is 0 Å². The van der Waals surface area contributed by atoms with Crippen molar-refractivity contribution in [2.75, 3.05) is 6.61 Å². The molecule has 28 heavy (non-hydrogen) atoms. The van der Waals surface area contributed by atoms with Gasteiger partial charge in [0.2, 0.25) is 12.2 Å². The Labute approximate surface area is 167 Å². The number of nitrogens with zero attached hydrogens (tertiary/aromatic N) is 2. The van der Waals surface area contributed by atoms with Crippen LogP contribution in [0.1, 0.15) is 39.7 Å². The zero-order chi connectivity index (χ0) is 19.7. The number of fused-ring (bicyclic) bond motifs is 1. The van der Waals surface area contributed by atoms with Crippen LogP contribution in [0, 0.1) is 5.92 Å². The minimum Gasteiger partial charge on any atom is -0.447 e. The molecule has 0 bridgehead atoms. The monoisotopic (exact) mass is 376 g/mol. The van der Waals surface area contributed by atoms with Gasteiger partial charge in [0.1, 0.15) is 5.69 Å². The standard InChI is InChI=1S/C24H28N2O2/c1-17(2)16-27-20-15-24(3,4)21-22(18-11-7-5-8-12-18)25-26(23(21)28-20)19-13-9-6-10-14-19/h5-14,17,20H,15-16H2,1-4H3. The number of rotatable bonds is 5. The fourth-order valence-electron chi connectivity index (χ4n) is 3.74. The first kappa shape index (κ1) is 18.8. The minimum absolute atomic E-state index is 0.118. The van der Waals surface area contributed by atoms with E-state index in [0.717, 1.165) is 34.8 Å². The first-order chi connectivity index (χ1) is 13.5. The molecule has 1 unspecified atom stereocenters. The van der Waals surface area contributed by atoms with E-state index in [1.165, 1.54) is 0 Å². The lowest BCUT2D eigenvalue weighted by Crippen LogP contribution is -2.37. The largest absolute Gasteiger partial charge is 0.447 e. The van der Waals surface area contributed by atoms with Crippen molar-refractivity contribution in [2.45, 2.75) is 45.8 Å². The summed E-state index contributed by atoms with van der Waals surface area (Å²) in [5.74, 6) is 1.25. The lowest BCUT2D eigenvalue weighted by Gasteiger charge is -2.36. The van der Waals surface area contributed by atoms with Crippen LogP contribution < -0.4 is 4.74 Å². The third-order valence-electron chi connectivity index (χ3n) is 5.10. The smallest absolute Gasteiger partial charge is 0.223 e.